The molecule has 1 aromatic rings. The first-order valence-electron chi connectivity index (χ1n) is 4.08. The molecule has 0 saturated carbocycles. The van der Waals surface area contributed by atoms with Crippen LogP contribution in [-0.2, 0) is 0 Å². The van der Waals surface area contributed by atoms with Crippen LogP contribution in [0.15, 0.2) is 32.0 Å². The van der Waals surface area contributed by atoms with Gasteiger partial charge in [-0.2, -0.15) is 0 Å². The molecule has 1 heterocycles. The van der Waals surface area contributed by atoms with Gasteiger partial charge in [0.2, 0.25) is 0 Å². The van der Waals surface area contributed by atoms with E-state index in [0.717, 1.165) is 11.0 Å². The highest BCUT2D eigenvalue weighted by Gasteiger charge is 2.12. The van der Waals surface area contributed by atoms with E-state index >= 15 is 0 Å². The number of hydrogen-bond donors (Lipinski definition) is 0. The van der Waals surface area contributed by atoms with Crippen LogP contribution in [0.1, 0.15) is 6.92 Å². The summed E-state index contributed by atoms with van der Waals surface area (Å²) in [5, 5.41) is 0. The molecule has 0 unspecified atom stereocenters. The van der Waals surface area contributed by atoms with E-state index in [2.05, 4.69) is 50.4 Å². The van der Waals surface area contributed by atoms with Crippen LogP contribution in [0.4, 0.5) is 5.69 Å². The minimum absolute atomic E-state index is 0.957. The monoisotopic (exact) mass is 256 g/mol. The SMILES string of the molecule is CCN1C=NSc2cc(Br)ccc21. The minimum atomic E-state index is 0.957. The van der Waals surface area contributed by atoms with Gasteiger partial charge >= 0.3 is 0 Å². The summed E-state index contributed by atoms with van der Waals surface area (Å²) < 4.78 is 5.31. The average molecular weight is 257 g/mol. The first kappa shape index (κ1) is 9.09. The fourth-order valence-corrected chi connectivity index (χ4v) is 2.50. The van der Waals surface area contributed by atoms with Gasteiger partial charge in [-0.25, -0.2) is 4.40 Å². The molecule has 0 N–H and O–H groups in total. The molecule has 13 heavy (non-hydrogen) atoms. The third-order valence-corrected chi connectivity index (χ3v) is 3.13. The molecule has 0 aliphatic carbocycles. The van der Waals surface area contributed by atoms with E-state index in [0.29, 0.717) is 0 Å². The van der Waals surface area contributed by atoms with Crippen molar-refractivity contribution in [1.82, 2.24) is 0 Å². The number of hydrogen-bond acceptors (Lipinski definition) is 3. The quantitative estimate of drug-likeness (QED) is 0.717. The van der Waals surface area contributed by atoms with E-state index in [1.165, 1.54) is 22.5 Å². The van der Waals surface area contributed by atoms with E-state index in [9.17, 15) is 0 Å². The lowest BCUT2D eigenvalue weighted by Crippen LogP contribution is -2.22. The second-order valence-corrected chi connectivity index (χ2v) is 4.46. The maximum absolute atomic E-state index is 4.21. The molecule has 2 nitrogen and oxygen atoms in total. The standard InChI is InChI=1S/C9H9BrN2S/c1-2-12-6-11-13-9-5-7(10)3-4-8(9)12/h3-6H,2H2,1H3. The number of benzene rings is 1. The first-order valence-corrected chi connectivity index (χ1v) is 5.64. The molecule has 1 aliphatic rings. The van der Waals surface area contributed by atoms with Crippen LogP contribution in [0.5, 0.6) is 0 Å². The summed E-state index contributed by atoms with van der Waals surface area (Å²) in [7, 11) is 0. The van der Waals surface area contributed by atoms with Crippen molar-refractivity contribution in [2.45, 2.75) is 11.8 Å². The summed E-state index contributed by atoms with van der Waals surface area (Å²) in [6.07, 6.45) is 1.88. The molecule has 0 radical (unpaired) electrons. The Kier molecular flexibility index (Phi) is 2.60. The van der Waals surface area contributed by atoms with Crippen LogP contribution in [0.25, 0.3) is 0 Å². The molecule has 4 heteroatoms. The van der Waals surface area contributed by atoms with Crippen LogP contribution in [0.2, 0.25) is 0 Å². The Morgan fingerprint density at radius 2 is 2.38 bits per heavy atom. The van der Waals surface area contributed by atoms with Gasteiger partial charge in [0.25, 0.3) is 0 Å². The average Bonchev–Trinajstić information content (AvgIpc) is 2.16. The van der Waals surface area contributed by atoms with Crippen molar-refractivity contribution >= 4 is 39.9 Å². The number of rotatable bonds is 1. The Hall–Kier alpha value is -0.480. The van der Waals surface area contributed by atoms with Gasteiger partial charge < -0.3 is 4.90 Å². The summed E-state index contributed by atoms with van der Waals surface area (Å²) in [4.78, 5) is 3.34. The maximum atomic E-state index is 4.21. The lowest BCUT2D eigenvalue weighted by Gasteiger charge is -2.23. The molecule has 1 aliphatic heterocycles. The normalized spacial score (nSPS) is 14.5. The van der Waals surface area contributed by atoms with Crippen molar-refractivity contribution < 1.29 is 0 Å². The summed E-state index contributed by atoms with van der Waals surface area (Å²) in [6, 6.07) is 6.27. The van der Waals surface area contributed by atoms with Crippen LogP contribution in [0.3, 0.4) is 0 Å². The lowest BCUT2D eigenvalue weighted by molar-refractivity contribution is 1.05. The smallest absolute Gasteiger partial charge is 0.104 e. The summed E-state index contributed by atoms with van der Waals surface area (Å²) >= 11 is 4.97. The molecular weight excluding hydrogens is 248 g/mol. The van der Waals surface area contributed by atoms with Gasteiger partial charge in [-0.3, -0.25) is 0 Å². The van der Waals surface area contributed by atoms with E-state index in [4.69, 9.17) is 0 Å². The highest BCUT2D eigenvalue weighted by Crippen LogP contribution is 2.35. The first-order chi connectivity index (χ1) is 6.31. The third kappa shape index (κ3) is 1.74. The Balaban J connectivity index is 2.45. The zero-order valence-corrected chi connectivity index (χ0v) is 9.60. The number of anilines is 1. The van der Waals surface area contributed by atoms with Crippen LogP contribution < -0.4 is 4.90 Å². The topological polar surface area (TPSA) is 15.6 Å². The Morgan fingerprint density at radius 3 is 3.15 bits per heavy atom. The van der Waals surface area contributed by atoms with Gasteiger partial charge in [0.05, 0.1) is 10.6 Å². The maximum Gasteiger partial charge on any atom is 0.104 e. The van der Waals surface area contributed by atoms with Crippen molar-refractivity contribution in [3.05, 3.63) is 22.7 Å². The second-order valence-electron chi connectivity index (χ2n) is 2.71. The van der Waals surface area contributed by atoms with E-state index in [1.54, 1.807) is 0 Å². The van der Waals surface area contributed by atoms with E-state index in [-0.39, 0.29) is 0 Å². The van der Waals surface area contributed by atoms with Crippen molar-refractivity contribution in [1.29, 1.82) is 0 Å². The largest absolute Gasteiger partial charge is 0.331 e. The number of halogens is 1. The van der Waals surface area contributed by atoms with Crippen molar-refractivity contribution in [3.8, 4) is 0 Å². The van der Waals surface area contributed by atoms with Gasteiger partial charge in [-0.15, -0.1) is 0 Å². The van der Waals surface area contributed by atoms with Crippen LogP contribution in [0, 0.1) is 0 Å². The summed E-state index contributed by atoms with van der Waals surface area (Å²) in [5.41, 5.74) is 1.24. The highest BCUT2D eigenvalue weighted by atomic mass is 79.9. The van der Waals surface area contributed by atoms with Gasteiger partial charge in [-0.05, 0) is 25.1 Å². The van der Waals surface area contributed by atoms with E-state index in [1.807, 2.05) is 6.34 Å². The minimum Gasteiger partial charge on any atom is -0.331 e. The second kappa shape index (κ2) is 3.72. The summed E-state index contributed by atoms with van der Waals surface area (Å²) in [5.74, 6) is 0. The predicted molar refractivity (Wildman–Crippen MR) is 61.5 cm³/mol. The summed E-state index contributed by atoms with van der Waals surface area (Å²) in [6.45, 7) is 3.08. The molecule has 68 valence electrons. The molecule has 0 aromatic heterocycles. The molecule has 1 aromatic carbocycles. The van der Waals surface area contributed by atoms with Gasteiger partial charge in [0.15, 0.2) is 0 Å². The molecule has 0 saturated heterocycles. The number of nitrogens with zero attached hydrogens (tertiary/aromatic N) is 2. The molecule has 0 fully saturated rings. The zero-order chi connectivity index (χ0) is 9.26. The fraction of sp³-hybridized carbons (Fsp3) is 0.222. The van der Waals surface area contributed by atoms with Crippen LogP contribution >= 0.6 is 27.9 Å². The van der Waals surface area contributed by atoms with Crippen molar-refractivity contribution in [3.63, 3.8) is 0 Å². The lowest BCUT2D eigenvalue weighted by atomic mass is 10.3. The molecular formula is C9H9BrN2S. The van der Waals surface area contributed by atoms with E-state index < -0.39 is 0 Å². The predicted octanol–water partition coefficient (Wildman–Crippen LogP) is 3.32. The third-order valence-electron chi connectivity index (χ3n) is 1.91. The van der Waals surface area contributed by atoms with Crippen molar-refractivity contribution in [2.24, 2.45) is 4.40 Å². The van der Waals surface area contributed by atoms with Gasteiger partial charge in [-0.1, -0.05) is 15.9 Å². The Bertz CT molecular complexity index is 351. The Labute approximate surface area is 90.3 Å². The Morgan fingerprint density at radius 1 is 1.54 bits per heavy atom. The van der Waals surface area contributed by atoms with Crippen molar-refractivity contribution in [2.75, 3.05) is 11.4 Å². The zero-order valence-electron chi connectivity index (χ0n) is 7.20. The molecule has 0 amide bonds. The highest BCUT2D eigenvalue weighted by molar-refractivity contribution is 9.10. The van der Waals surface area contributed by atoms with Gasteiger partial charge in [0.1, 0.15) is 6.34 Å². The van der Waals surface area contributed by atoms with Gasteiger partial charge in [0, 0.05) is 23.0 Å². The molecule has 0 spiro atoms. The molecule has 0 atom stereocenters. The fourth-order valence-electron chi connectivity index (χ4n) is 1.25. The van der Waals surface area contributed by atoms with Crippen LogP contribution in [-0.4, -0.2) is 12.9 Å². The molecule has 0 bridgehead atoms. The molecule has 2 rings (SSSR count). The number of fused-ring (bicyclic) bond motifs is 1.